The number of nitrogens with zero attached hydrogens (tertiary/aromatic N) is 1. The number of hydrogen-bond acceptors (Lipinski definition) is 3. The van der Waals surface area contributed by atoms with E-state index < -0.39 is 17.5 Å². The van der Waals surface area contributed by atoms with Crippen LogP contribution >= 0.6 is 0 Å². The molecule has 1 aromatic carbocycles. The molecule has 0 spiro atoms. The van der Waals surface area contributed by atoms with Crippen LogP contribution in [0.4, 0.5) is 13.2 Å². The standard InChI is InChI=1S/C14H13F3N2O/c15-10-5-8(6-11(16)14(10)17)12-7-19-13(20-12)3-4-18-9-1-2-9/h5-7,9,18H,1-4H2. The summed E-state index contributed by atoms with van der Waals surface area (Å²) < 4.78 is 44.6. The quantitative estimate of drug-likeness (QED) is 0.857. The van der Waals surface area contributed by atoms with Gasteiger partial charge in [0.1, 0.15) is 0 Å². The second-order valence-corrected chi connectivity index (χ2v) is 4.85. The van der Waals surface area contributed by atoms with E-state index in [1.54, 1.807) is 0 Å². The van der Waals surface area contributed by atoms with Crippen molar-refractivity contribution >= 4 is 0 Å². The van der Waals surface area contributed by atoms with E-state index in [4.69, 9.17) is 4.42 Å². The summed E-state index contributed by atoms with van der Waals surface area (Å²) in [6.07, 6.45) is 4.39. The molecule has 1 heterocycles. The van der Waals surface area contributed by atoms with Crippen molar-refractivity contribution in [1.82, 2.24) is 10.3 Å². The predicted molar refractivity (Wildman–Crippen MR) is 66.5 cm³/mol. The van der Waals surface area contributed by atoms with Crippen molar-refractivity contribution in [3.63, 3.8) is 0 Å². The molecule has 20 heavy (non-hydrogen) atoms. The lowest BCUT2D eigenvalue weighted by Crippen LogP contribution is -2.19. The molecule has 0 amide bonds. The predicted octanol–water partition coefficient (Wildman–Crippen LogP) is 3.05. The molecule has 1 aliphatic carbocycles. The highest BCUT2D eigenvalue weighted by molar-refractivity contribution is 5.56. The van der Waals surface area contributed by atoms with Crippen molar-refractivity contribution in [1.29, 1.82) is 0 Å². The summed E-state index contributed by atoms with van der Waals surface area (Å²) in [7, 11) is 0. The third-order valence-corrected chi connectivity index (χ3v) is 3.17. The van der Waals surface area contributed by atoms with Crippen molar-refractivity contribution in [2.75, 3.05) is 6.54 Å². The molecular weight excluding hydrogens is 269 g/mol. The van der Waals surface area contributed by atoms with E-state index in [1.165, 1.54) is 19.0 Å². The fourth-order valence-electron chi connectivity index (χ4n) is 1.93. The summed E-state index contributed by atoms with van der Waals surface area (Å²) in [5, 5.41) is 3.31. The fraction of sp³-hybridized carbons (Fsp3) is 0.357. The zero-order valence-electron chi connectivity index (χ0n) is 10.6. The molecule has 1 N–H and O–H groups in total. The zero-order valence-corrected chi connectivity index (χ0v) is 10.6. The van der Waals surface area contributed by atoms with Gasteiger partial charge in [-0.15, -0.1) is 0 Å². The number of hydrogen-bond donors (Lipinski definition) is 1. The highest BCUT2D eigenvalue weighted by Gasteiger charge is 2.20. The van der Waals surface area contributed by atoms with Gasteiger partial charge in [-0.25, -0.2) is 18.2 Å². The summed E-state index contributed by atoms with van der Waals surface area (Å²) >= 11 is 0. The van der Waals surface area contributed by atoms with Crippen LogP contribution in [-0.2, 0) is 6.42 Å². The van der Waals surface area contributed by atoms with Crippen LogP contribution in [0.25, 0.3) is 11.3 Å². The fourth-order valence-corrected chi connectivity index (χ4v) is 1.93. The van der Waals surface area contributed by atoms with Gasteiger partial charge in [0, 0.05) is 24.6 Å². The van der Waals surface area contributed by atoms with Gasteiger partial charge in [0.15, 0.2) is 29.1 Å². The Morgan fingerprint density at radius 1 is 1.20 bits per heavy atom. The number of oxazole rings is 1. The third-order valence-electron chi connectivity index (χ3n) is 3.17. The van der Waals surface area contributed by atoms with Crippen LogP contribution < -0.4 is 5.32 Å². The average molecular weight is 282 g/mol. The number of rotatable bonds is 5. The van der Waals surface area contributed by atoms with Crippen molar-refractivity contribution in [2.45, 2.75) is 25.3 Å². The van der Waals surface area contributed by atoms with E-state index >= 15 is 0 Å². The maximum Gasteiger partial charge on any atom is 0.196 e. The molecule has 0 unspecified atom stereocenters. The summed E-state index contributed by atoms with van der Waals surface area (Å²) in [6, 6.07) is 2.39. The van der Waals surface area contributed by atoms with Gasteiger partial charge in [0.05, 0.1) is 6.20 Å². The maximum atomic E-state index is 13.1. The van der Waals surface area contributed by atoms with Gasteiger partial charge in [0.25, 0.3) is 0 Å². The van der Waals surface area contributed by atoms with E-state index in [2.05, 4.69) is 10.3 Å². The van der Waals surface area contributed by atoms with E-state index in [0.717, 1.165) is 18.7 Å². The number of benzene rings is 1. The molecule has 0 bridgehead atoms. The van der Waals surface area contributed by atoms with Gasteiger partial charge in [-0.05, 0) is 25.0 Å². The van der Waals surface area contributed by atoms with Gasteiger partial charge in [-0.3, -0.25) is 0 Å². The van der Waals surface area contributed by atoms with Gasteiger partial charge in [0.2, 0.25) is 0 Å². The molecule has 0 saturated heterocycles. The topological polar surface area (TPSA) is 38.1 Å². The van der Waals surface area contributed by atoms with Crippen molar-refractivity contribution in [3.8, 4) is 11.3 Å². The number of nitrogens with one attached hydrogen (secondary N) is 1. The first-order valence-electron chi connectivity index (χ1n) is 6.46. The SMILES string of the molecule is Fc1cc(-c2cnc(CCNC3CC3)o2)cc(F)c1F. The van der Waals surface area contributed by atoms with Crippen molar-refractivity contribution in [3.05, 3.63) is 41.7 Å². The summed E-state index contributed by atoms with van der Waals surface area (Å²) in [4.78, 5) is 4.05. The van der Waals surface area contributed by atoms with Crippen LogP contribution in [-0.4, -0.2) is 17.6 Å². The molecule has 3 nitrogen and oxygen atoms in total. The molecule has 1 aliphatic rings. The highest BCUT2D eigenvalue weighted by atomic mass is 19.2. The average Bonchev–Trinajstić information content (AvgIpc) is 3.12. The van der Waals surface area contributed by atoms with Gasteiger partial charge >= 0.3 is 0 Å². The third kappa shape index (κ3) is 2.85. The Labute approximate surface area is 113 Å². The van der Waals surface area contributed by atoms with E-state index in [1.807, 2.05) is 0 Å². The molecule has 106 valence electrons. The molecule has 1 saturated carbocycles. The maximum absolute atomic E-state index is 13.1. The number of aromatic nitrogens is 1. The van der Waals surface area contributed by atoms with E-state index in [0.29, 0.717) is 18.4 Å². The summed E-state index contributed by atoms with van der Waals surface area (Å²) in [5.74, 6) is -3.26. The molecule has 0 atom stereocenters. The van der Waals surface area contributed by atoms with Crippen LogP contribution in [0, 0.1) is 17.5 Å². The Bertz CT molecular complexity index is 600. The van der Waals surface area contributed by atoms with Crippen LogP contribution in [0.5, 0.6) is 0 Å². The second kappa shape index (κ2) is 5.28. The normalized spacial score (nSPS) is 14.8. The molecule has 1 aromatic heterocycles. The monoisotopic (exact) mass is 282 g/mol. The van der Waals surface area contributed by atoms with Crippen LogP contribution in [0.3, 0.4) is 0 Å². The van der Waals surface area contributed by atoms with Gasteiger partial charge in [-0.1, -0.05) is 0 Å². The molecular formula is C14H13F3N2O. The van der Waals surface area contributed by atoms with E-state index in [9.17, 15) is 13.2 Å². The lowest BCUT2D eigenvalue weighted by Gasteiger charge is -2.00. The minimum Gasteiger partial charge on any atom is -0.441 e. The smallest absolute Gasteiger partial charge is 0.196 e. The van der Waals surface area contributed by atoms with Crippen LogP contribution in [0.15, 0.2) is 22.7 Å². The second-order valence-electron chi connectivity index (χ2n) is 4.85. The molecule has 6 heteroatoms. The molecule has 2 aromatic rings. The lowest BCUT2D eigenvalue weighted by molar-refractivity contribution is 0.446. The Kier molecular flexibility index (Phi) is 3.48. The minimum absolute atomic E-state index is 0.135. The minimum atomic E-state index is -1.48. The van der Waals surface area contributed by atoms with Crippen molar-refractivity contribution < 1.29 is 17.6 Å². The molecule has 1 fully saturated rings. The lowest BCUT2D eigenvalue weighted by atomic mass is 10.1. The van der Waals surface area contributed by atoms with Gasteiger partial charge in [-0.2, -0.15) is 0 Å². The van der Waals surface area contributed by atoms with Crippen LogP contribution in [0.1, 0.15) is 18.7 Å². The first-order valence-corrected chi connectivity index (χ1v) is 6.46. The Hall–Kier alpha value is -1.82. The zero-order chi connectivity index (χ0) is 14.1. The van der Waals surface area contributed by atoms with Gasteiger partial charge < -0.3 is 9.73 Å². The highest BCUT2D eigenvalue weighted by Crippen LogP contribution is 2.24. The van der Waals surface area contributed by atoms with Crippen LogP contribution in [0.2, 0.25) is 0 Å². The summed E-state index contributed by atoms with van der Waals surface area (Å²) in [6.45, 7) is 0.747. The number of halogens is 3. The molecule has 0 aliphatic heterocycles. The first-order chi connectivity index (χ1) is 9.63. The largest absolute Gasteiger partial charge is 0.441 e. The Morgan fingerprint density at radius 3 is 2.55 bits per heavy atom. The van der Waals surface area contributed by atoms with E-state index in [-0.39, 0.29) is 11.3 Å². The Balaban J connectivity index is 1.71. The Morgan fingerprint density at radius 2 is 1.90 bits per heavy atom. The summed E-state index contributed by atoms with van der Waals surface area (Å²) in [5.41, 5.74) is 0.135. The molecule has 0 radical (unpaired) electrons. The first kappa shape index (κ1) is 13.2. The van der Waals surface area contributed by atoms with Crippen molar-refractivity contribution in [2.24, 2.45) is 0 Å². The molecule has 3 rings (SSSR count).